The van der Waals surface area contributed by atoms with Gasteiger partial charge in [-0.15, -0.1) is 0 Å². The van der Waals surface area contributed by atoms with E-state index in [1.54, 1.807) is 19.9 Å². The van der Waals surface area contributed by atoms with Gasteiger partial charge in [0.2, 0.25) is 11.8 Å². The molecule has 1 unspecified atom stereocenters. The maximum Gasteiger partial charge on any atom is 0.417 e. The monoisotopic (exact) mass is 648 g/mol. The Morgan fingerprint density at radius 3 is 2.44 bits per heavy atom. The van der Waals surface area contributed by atoms with Crippen LogP contribution in [0.15, 0.2) is 33.5 Å². The Labute approximate surface area is 252 Å². The Kier molecular flexibility index (Phi) is 11.0. The summed E-state index contributed by atoms with van der Waals surface area (Å²) in [5, 5.41) is 4.88. The summed E-state index contributed by atoms with van der Waals surface area (Å²) in [7, 11) is -4.53. The van der Waals surface area contributed by atoms with Crippen LogP contribution in [-0.2, 0) is 25.9 Å². The van der Waals surface area contributed by atoms with Crippen molar-refractivity contribution in [2.45, 2.75) is 57.3 Å². The van der Waals surface area contributed by atoms with Crippen LogP contribution in [0.3, 0.4) is 0 Å². The Bertz CT molecular complexity index is 1560. The molecule has 2 amide bonds. The molecular formula is C27H35F3N4O7S2. The zero-order valence-corrected chi connectivity index (χ0v) is 25.4. The highest BCUT2D eigenvalue weighted by atomic mass is 32.2. The quantitative estimate of drug-likeness (QED) is 0.0948. The Hall–Kier alpha value is -3.08. The van der Waals surface area contributed by atoms with E-state index in [0.717, 1.165) is 6.07 Å². The molecule has 1 aromatic carbocycles. The van der Waals surface area contributed by atoms with E-state index in [9.17, 15) is 40.5 Å². The third kappa shape index (κ3) is 9.20. The molecule has 0 fully saturated rings. The first-order valence-corrected chi connectivity index (χ1v) is 15.7. The Morgan fingerprint density at radius 1 is 1.14 bits per heavy atom. The standard InChI is InChI=1S/C27H35F3N4O7S2/c1-26(2)13-16(15-43(38,39)40)17-10-18-19(27(28,29)30)11-24(36)41-22(18)12-21(17)34(26)9-5-3-4-6-23(35)32-7-8-33-25(37)20(31)14-42/h10-13,20,42H,3-9,14-15,31H2,1-2H3,(H,32,35)(H,33,37)(H,38,39,40). The van der Waals surface area contributed by atoms with Gasteiger partial charge in [-0.3, -0.25) is 14.1 Å². The third-order valence-electron chi connectivity index (χ3n) is 6.93. The summed E-state index contributed by atoms with van der Waals surface area (Å²) in [6.07, 6.45) is -1.33. The van der Waals surface area contributed by atoms with Crippen LogP contribution in [-0.4, -0.2) is 67.5 Å². The van der Waals surface area contributed by atoms with Crippen molar-refractivity contribution in [3.63, 3.8) is 0 Å². The van der Waals surface area contributed by atoms with Crippen molar-refractivity contribution in [1.82, 2.24) is 10.6 Å². The third-order valence-corrected chi connectivity index (χ3v) is 8.00. The van der Waals surface area contributed by atoms with E-state index in [1.807, 2.05) is 4.90 Å². The number of nitrogens with zero attached hydrogens (tertiary/aromatic N) is 1. The van der Waals surface area contributed by atoms with E-state index in [4.69, 9.17) is 10.2 Å². The highest BCUT2D eigenvalue weighted by molar-refractivity contribution is 7.86. The van der Waals surface area contributed by atoms with Crippen LogP contribution in [0.25, 0.3) is 16.5 Å². The lowest BCUT2D eigenvalue weighted by Gasteiger charge is -2.44. The number of fused-ring (bicyclic) bond motifs is 2. The van der Waals surface area contributed by atoms with Crippen LogP contribution in [0, 0.1) is 0 Å². The molecule has 1 atom stereocenters. The van der Waals surface area contributed by atoms with Crippen LogP contribution >= 0.6 is 12.6 Å². The van der Waals surface area contributed by atoms with Gasteiger partial charge in [-0.25, -0.2) is 4.79 Å². The van der Waals surface area contributed by atoms with Crippen molar-refractivity contribution >= 4 is 56.8 Å². The molecule has 16 heteroatoms. The second kappa shape index (κ2) is 13.7. The van der Waals surface area contributed by atoms with E-state index in [-0.39, 0.29) is 53.8 Å². The molecule has 0 saturated carbocycles. The number of hydrogen-bond donors (Lipinski definition) is 5. The average Bonchev–Trinajstić information content (AvgIpc) is 2.88. The number of benzene rings is 1. The van der Waals surface area contributed by atoms with E-state index in [1.165, 1.54) is 6.07 Å². The summed E-state index contributed by atoms with van der Waals surface area (Å²) < 4.78 is 79.5. The van der Waals surface area contributed by atoms with Gasteiger partial charge in [0.15, 0.2) is 0 Å². The predicted molar refractivity (Wildman–Crippen MR) is 160 cm³/mol. The summed E-state index contributed by atoms with van der Waals surface area (Å²) in [5.41, 5.74) is 2.63. The molecule has 0 bridgehead atoms. The van der Waals surface area contributed by atoms with E-state index >= 15 is 0 Å². The molecule has 0 radical (unpaired) electrons. The number of hydrogen-bond acceptors (Lipinski definition) is 9. The van der Waals surface area contributed by atoms with Gasteiger partial charge in [0, 0.05) is 60.6 Å². The normalized spacial score (nSPS) is 15.5. The fourth-order valence-corrected chi connectivity index (χ4v) is 5.75. The minimum absolute atomic E-state index is 0.112. The summed E-state index contributed by atoms with van der Waals surface area (Å²) in [6.45, 7) is 4.40. The van der Waals surface area contributed by atoms with Gasteiger partial charge in [0.1, 0.15) is 11.3 Å². The lowest BCUT2D eigenvalue weighted by molar-refractivity contribution is -0.136. The summed E-state index contributed by atoms with van der Waals surface area (Å²) in [6, 6.07) is 2.04. The first-order chi connectivity index (χ1) is 19.9. The van der Waals surface area contributed by atoms with Gasteiger partial charge < -0.3 is 25.7 Å². The number of halogens is 3. The second-order valence-corrected chi connectivity index (χ2v) is 12.6. The molecule has 1 aromatic heterocycles. The fraction of sp³-hybridized carbons (Fsp3) is 0.519. The highest BCUT2D eigenvalue weighted by Crippen LogP contribution is 2.44. The number of nitrogens with two attached hydrogens (primary N) is 1. The van der Waals surface area contributed by atoms with Crippen LogP contribution in [0.1, 0.15) is 50.7 Å². The van der Waals surface area contributed by atoms with Gasteiger partial charge >= 0.3 is 11.8 Å². The van der Waals surface area contributed by atoms with Crippen molar-refractivity contribution in [1.29, 1.82) is 0 Å². The van der Waals surface area contributed by atoms with Crippen LogP contribution in [0.2, 0.25) is 0 Å². The number of alkyl halides is 3. The highest BCUT2D eigenvalue weighted by Gasteiger charge is 2.37. The molecule has 1 aliphatic rings. The number of unbranched alkanes of at least 4 members (excludes halogenated alkanes) is 2. The number of anilines is 1. The van der Waals surface area contributed by atoms with Crippen LogP contribution < -0.4 is 26.9 Å². The Morgan fingerprint density at radius 2 is 1.81 bits per heavy atom. The van der Waals surface area contributed by atoms with Crippen molar-refractivity contribution < 1.29 is 40.1 Å². The molecule has 43 heavy (non-hydrogen) atoms. The molecule has 1 aliphatic heterocycles. The SMILES string of the molecule is CC1(C)C=C(CS(=O)(=O)O)c2cc3c(C(F)(F)F)cc(=O)oc3cc2N1CCCCCC(=O)NCCNC(=O)C(N)CS. The van der Waals surface area contributed by atoms with E-state index in [2.05, 4.69) is 23.3 Å². The largest absolute Gasteiger partial charge is 0.423 e. The first kappa shape index (κ1) is 34.4. The maximum absolute atomic E-state index is 13.8. The van der Waals surface area contributed by atoms with Gasteiger partial charge in [-0.2, -0.15) is 34.2 Å². The number of thiol groups is 1. The zero-order chi connectivity index (χ0) is 32.2. The van der Waals surface area contributed by atoms with Crippen molar-refractivity contribution in [2.75, 3.05) is 36.0 Å². The zero-order valence-electron chi connectivity index (χ0n) is 23.7. The number of nitrogens with one attached hydrogen (secondary N) is 2. The second-order valence-electron chi connectivity index (χ2n) is 10.8. The predicted octanol–water partition coefficient (Wildman–Crippen LogP) is 2.73. The molecule has 5 N–H and O–H groups in total. The van der Waals surface area contributed by atoms with Crippen molar-refractivity contribution in [3.8, 4) is 0 Å². The summed E-state index contributed by atoms with van der Waals surface area (Å²) >= 11 is 3.95. The Balaban J connectivity index is 1.74. The van der Waals surface area contributed by atoms with Crippen molar-refractivity contribution in [3.05, 3.63) is 45.8 Å². The molecule has 0 spiro atoms. The minimum Gasteiger partial charge on any atom is -0.423 e. The molecule has 0 saturated heterocycles. The maximum atomic E-state index is 13.8. The number of amides is 2. The molecule has 3 rings (SSSR count). The summed E-state index contributed by atoms with van der Waals surface area (Å²) in [4.78, 5) is 37.6. The van der Waals surface area contributed by atoms with Crippen molar-refractivity contribution in [2.24, 2.45) is 5.73 Å². The molecule has 11 nitrogen and oxygen atoms in total. The first-order valence-electron chi connectivity index (χ1n) is 13.5. The summed E-state index contributed by atoms with van der Waals surface area (Å²) in [5.74, 6) is -1.17. The lowest BCUT2D eigenvalue weighted by Crippen LogP contribution is -2.46. The van der Waals surface area contributed by atoms with E-state index in [0.29, 0.717) is 37.6 Å². The molecular weight excluding hydrogens is 613 g/mol. The van der Waals surface area contributed by atoms with Gasteiger partial charge in [-0.05, 0) is 38.3 Å². The topological polar surface area (TPSA) is 172 Å². The van der Waals surface area contributed by atoms with Crippen LogP contribution in [0.5, 0.6) is 0 Å². The van der Waals surface area contributed by atoms with Gasteiger partial charge in [0.25, 0.3) is 10.1 Å². The van der Waals surface area contributed by atoms with Gasteiger partial charge in [0.05, 0.1) is 17.1 Å². The molecule has 2 aromatic rings. The van der Waals surface area contributed by atoms with Gasteiger partial charge in [-0.1, -0.05) is 12.5 Å². The average molecular weight is 649 g/mol. The number of carbonyl (C=O) groups excluding carboxylic acids is 2. The number of rotatable bonds is 13. The number of carbonyl (C=O) groups is 2. The van der Waals surface area contributed by atoms with E-state index < -0.39 is 50.2 Å². The molecule has 2 heterocycles. The molecule has 0 aliphatic carbocycles. The lowest BCUT2D eigenvalue weighted by atomic mass is 9.87. The fourth-order valence-electron chi connectivity index (χ4n) is 4.95. The smallest absolute Gasteiger partial charge is 0.417 e. The van der Waals surface area contributed by atoms with Crippen LogP contribution in [0.4, 0.5) is 18.9 Å². The molecule has 238 valence electrons. The minimum atomic E-state index is -4.87.